The second kappa shape index (κ2) is 5.05. The summed E-state index contributed by atoms with van der Waals surface area (Å²) in [6.45, 7) is 5.10. The van der Waals surface area contributed by atoms with Crippen LogP contribution in [0.1, 0.15) is 29.6 Å². The molecule has 0 amide bonds. The molecule has 0 aromatic carbocycles. The summed E-state index contributed by atoms with van der Waals surface area (Å²) in [6, 6.07) is 0.541. The number of nitrogens with zero attached hydrogens (tertiary/aromatic N) is 2. The predicted octanol–water partition coefficient (Wildman–Crippen LogP) is 2.23. The highest BCUT2D eigenvalue weighted by atomic mass is 32.1. The van der Waals surface area contributed by atoms with Crippen LogP contribution in [0.25, 0.3) is 0 Å². The number of ether oxygens (including phenoxy) is 1. The Morgan fingerprint density at radius 3 is 3.20 bits per heavy atom. The Morgan fingerprint density at radius 2 is 2.53 bits per heavy atom. The molecule has 84 valence electrons. The van der Waals surface area contributed by atoms with E-state index in [0.717, 1.165) is 18.8 Å². The summed E-state index contributed by atoms with van der Waals surface area (Å²) >= 11 is 1.79. The van der Waals surface area contributed by atoms with Gasteiger partial charge in [-0.05, 0) is 26.3 Å². The first-order valence-electron chi connectivity index (χ1n) is 5.46. The maximum atomic E-state index is 5.13. The predicted molar refractivity (Wildman–Crippen MR) is 62.3 cm³/mol. The maximum absolute atomic E-state index is 5.13. The zero-order valence-corrected chi connectivity index (χ0v) is 10.2. The van der Waals surface area contributed by atoms with Crippen LogP contribution < -0.4 is 0 Å². The lowest BCUT2D eigenvalue weighted by atomic mass is 10.2. The molecule has 0 radical (unpaired) electrons. The minimum Gasteiger partial charge on any atom is -0.383 e. The molecule has 1 unspecified atom stereocenters. The first kappa shape index (κ1) is 11.0. The highest BCUT2D eigenvalue weighted by Gasteiger charge is 2.27. The zero-order chi connectivity index (χ0) is 10.7. The Morgan fingerprint density at radius 1 is 1.67 bits per heavy atom. The number of hydrogen-bond acceptors (Lipinski definition) is 4. The maximum Gasteiger partial charge on any atom is 0.110 e. The van der Waals surface area contributed by atoms with Gasteiger partial charge in [-0.25, -0.2) is 4.98 Å². The molecule has 0 bridgehead atoms. The topological polar surface area (TPSA) is 25.4 Å². The van der Waals surface area contributed by atoms with Crippen molar-refractivity contribution in [3.8, 4) is 0 Å². The monoisotopic (exact) mass is 226 g/mol. The van der Waals surface area contributed by atoms with E-state index in [1.807, 2.05) is 0 Å². The SMILES string of the molecule is COCCN1CCCC1c1nc(C)cs1. The molecule has 15 heavy (non-hydrogen) atoms. The van der Waals surface area contributed by atoms with E-state index in [-0.39, 0.29) is 0 Å². The number of rotatable bonds is 4. The zero-order valence-electron chi connectivity index (χ0n) is 9.40. The van der Waals surface area contributed by atoms with Crippen LogP contribution in [-0.2, 0) is 4.74 Å². The molecule has 0 spiro atoms. The Balaban J connectivity index is 2.01. The normalized spacial score (nSPS) is 22.4. The number of thiazole rings is 1. The first-order valence-corrected chi connectivity index (χ1v) is 6.34. The number of methoxy groups -OCH3 is 1. The third-order valence-electron chi connectivity index (χ3n) is 2.87. The van der Waals surface area contributed by atoms with Gasteiger partial charge in [-0.1, -0.05) is 0 Å². The molecule has 2 heterocycles. The fourth-order valence-corrected chi connectivity index (χ4v) is 3.07. The van der Waals surface area contributed by atoms with E-state index in [2.05, 4.69) is 22.2 Å². The van der Waals surface area contributed by atoms with Crippen LogP contribution >= 0.6 is 11.3 Å². The van der Waals surface area contributed by atoms with Crippen LogP contribution in [0.3, 0.4) is 0 Å². The summed E-state index contributed by atoms with van der Waals surface area (Å²) in [5, 5.41) is 3.42. The molecular weight excluding hydrogens is 208 g/mol. The van der Waals surface area contributed by atoms with E-state index in [1.54, 1.807) is 18.4 Å². The second-order valence-corrected chi connectivity index (χ2v) is 4.90. The number of aromatic nitrogens is 1. The van der Waals surface area contributed by atoms with Gasteiger partial charge in [0.25, 0.3) is 0 Å². The van der Waals surface area contributed by atoms with E-state index in [9.17, 15) is 0 Å². The molecule has 3 nitrogen and oxygen atoms in total. The molecule has 1 saturated heterocycles. The van der Waals surface area contributed by atoms with Gasteiger partial charge < -0.3 is 4.74 Å². The van der Waals surface area contributed by atoms with Gasteiger partial charge >= 0.3 is 0 Å². The molecule has 0 saturated carbocycles. The standard InChI is InChI=1S/C11H18N2OS/c1-9-8-15-11(12-9)10-4-3-5-13(10)6-7-14-2/h8,10H,3-7H2,1-2H3. The number of aryl methyl sites for hydroxylation is 1. The Kier molecular flexibility index (Phi) is 3.72. The molecule has 1 aromatic heterocycles. The van der Waals surface area contributed by atoms with Gasteiger partial charge in [0.1, 0.15) is 5.01 Å². The average Bonchev–Trinajstić information content (AvgIpc) is 2.82. The summed E-state index contributed by atoms with van der Waals surface area (Å²) in [7, 11) is 1.76. The van der Waals surface area contributed by atoms with Crippen molar-refractivity contribution < 1.29 is 4.74 Å². The van der Waals surface area contributed by atoms with E-state index in [1.165, 1.54) is 24.4 Å². The third kappa shape index (κ3) is 2.56. The van der Waals surface area contributed by atoms with Crippen molar-refractivity contribution in [2.24, 2.45) is 0 Å². The smallest absolute Gasteiger partial charge is 0.110 e. The van der Waals surface area contributed by atoms with Gasteiger partial charge in [0, 0.05) is 24.7 Å². The van der Waals surface area contributed by atoms with Gasteiger partial charge in [0.15, 0.2) is 0 Å². The van der Waals surface area contributed by atoms with Gasteiger partial charge in [-0.2, -0.15) is 0 Å². The minimum atomic E-state index is 0.541. The molecule has 1 aliphatic heterocycles. The van der Waals surface area contributed by atoms with Crippen LogP contribution in [0.5, 0.6) is 0 Å². The molecule has 1 aromatic rings. The summed E-state index contributed by atoms with van der Waals surface area (Å²) in [4.78, 5) is 7.07. The lowest BCUT2D eigenvalue weighted by molar-refractivity contribution is 0.141. The summed E-state index contributed by atoms with van der Waals surface area (Å²) in [6.07, 6.45) is 2.53. The van der Waals surface area contributed by atoms with Gasteiger partial charge in [0.2, 0.25) is 0 Å². The molecule has 2 rings (SSSR count). The Bertz CT molecular complexity index is 313. The molecule has 1 fully saturated rings. The average molecular weight is 226 g/mol. The van der Waals surface area contributed by atoms with Gasteiger partial charge in [-0.3, -0.25) is 4.90 Å². The van der Waals surface area contributed by atoms with Crippen molar-refractivity contribution in [1.82, 2.24) is 9.88 Å². The molecule has 0 aliphatic carbocycles. The number of hydrogen-bond donors (Lipinski definition) is 0. The van der Waals surface area contributed by atoms with E-state index in [4.69, 9.17) is 4.74 Å². The van der Waals surface area contributed by atoms with E-state index < -0.39 is 0 Å². The highest BCUT2D eigenvalue weighted by Crippen LogP contribution is 2.33. The first-order chi connectivity index (χ1) is 7.31. The van der Waals surface area contributed by atoms with E-state index in [0.29, 0.717) is 6.04 Å². The van der Waals surface area contributed by atoms with Crippen molar-refractivity contribution >= 4 is 11.3 Å². The molecular formula is C11H18N2OS. The minimum absolute atomic E-state index is 0.541. The Labute approximate surface area is 95.1 Å². The number of likely N-dealkylation sites (tertiary alicyclic amines) is 1. The lowest BCUT2D eigenvalue weighted by Gasteiger charge is -2.21. The lowest BCUT2D eigenvalue weighted by Crippen LogP contribution is -2.26. The van der Waals surface area contributed by atoms with Gasteiger partial charge in [-0.15, -0.1) is 11.3 Å². The summed E-state index contributed by atoms with van der Waals surface area (Å²) in [5.74, 6) is 0. The van der Waals surface area contributed by atoms with Crippen molar-refractivity contribution in [3.05, 3.63) is 16.1 Å². The quantitative estimate of drug-likeness (QED) is 0.787. The molecule has 0 N–H and O–H groups in total. The van der Waals surface area contributed by atoms with Crippen LogP contribution in [0.4, 0.5) is 0 Å². The molecule has 1 aliphatic rings. The fraction of sp³-hybridized carbons (Fsp3) is 0.727. The van der Waals surface area contributed by atoms with Crippen LogP contribution in [0.15, 0.2) is 5.38 Å². The summed E-state index contributed by atoms with van der Waals surface area (Å²) in [5.41, 5.74) is 1.15. The van der Waals surface area contributed by atoms with Crippen LogP contribution in [0.2, 0.25) is 0 Å². The highest BCUT2D eigenvalue weighted by molar-refractivity contribution is 7.09. The third-order valence-corrected chi connectivity index (χ3v) is 3.93. The van der Waals surface area contributed by atoms with Gasteiger partial charge in [0.05, 0.1) is 12.6 Å². The van der Waals surface area contributed by atoms with Crippen molar-refractivity contribution in [2.45, 2.75) is 25.8 Å². The second-order valence-electron chi connectivity index (χ2n) is 4.01. The van der Waals surface area contributed by atoms with Crippen LogP contribution in [-0.4, -0.2) is 36.7 Å². The van der Waals surface area contributed by atoms with E-state index >= 15 is 0 Å². The molecule has 1 atom stereocenters. The van der Waals surface area contributed by atoms with Crippen molar-refractivity contribution in [3.63, 3.8) is 0 Å². The molecule has 4 heteroatoms. The van der Waals surface area contributed by atoms with Crippen LogP contribution in [0, 0.1) is 6.92 Å². The van der Waals surface area contributed by atoms with Crippen molar-refractivity contribution in [2.75, 3.05) is 26.8 Å². The summed E-state index contributed by atoms with van der Waals surface area (Å²) < 4.78 is 5.13. The fourth-order valence-electron chi connectivity index (χ4n) is 2.11. The Hall–Kier alpha value is -0.450. The largest absolute Gasteiger partial charge is 0.383 e. The van der Waals surface area contributed by atoms with Crippen molar-refractivity contribution in [1.29, 1.82) is 0 Å².